The highest BCUT2D eigenvalue weighted by atomic mass is 32.1. The summed E-state index contributed by atoms with van der Waals surface area (Å²) in [6.07, 6.45) is 5.04. The predicted octanol–water partition coefficient (Wildman–Crippen LogP) is 2.54. The number of hydrogen-bond donors (Lipinski definition) is 2. The first-order valence-corrected chi connectivity index (χ1v) is 8.70. The minimum Gasteiger partial charge on any atom is -0.481 e. The Morgan fingerprint density at radius 3 is 3.10 bits per heavy atom. The lowest BCUT2D eigenvalue weighted by molar-refractivity contribution is -0.139. The Hall–Kier alpha value is -1.14. The van der Waals surface area contributed by atoms with Crippen molar-refractivity contribution < 1.29 is 9.90 Å². The Morgan fingerprint density at radius 2 is 2.33 bits per heavy atom. The molecule has 0 bridgehead atoms. The van der Waals surface area contributed by atoms with Crippen molar-refractivity contribution in [2.24, 2.45) is 0 Å². The van der Waals surface area contributed by atoms with Crippen LogP contribution in [0, 0.1) is 0 Å². The summed E-state index contributed by atoms with van der Waals surface area (Å²) in [6.45, 7) is 5.53. The zero-order valence-electron chi connectivity index (χ0n) is 12.5. The number of fused-ring (bicyclic) bond motifs is 1. The van der Waals surface area contributed by atoms with Gasteiger partial charge in [-0.05, 0) is 45.2 Å². The van der Waals surface area contributed by atoms with Crippen LogP contribution in [0.15, 0.2) is 0 Å². The molecule has 1 aliphatic carbocycles. The summed E-state index contributed by atoms with van der Waals surface area (Å²) in [7, 11) is 0. The number of likely N-dealkylation sites (N-methyl/N-ethyl adjacent to an activating group) is 1. The first-order chi connectivity index (χ1) is 10.2. The fraction of sp³-hybridized carbons (Fsp3) is 0.733. The fourth-order valence-corrected chi connectivity index (χ4v) is 4.50. The topological polar surface area (TPSA) is 65.5 Å². The maximum absolute atomic E-state index is 11.3. The van der Waals surface area contributed by atoms with E-state index in [0.717, 1.165) is 43.2 Å². The maximum Gasteiger partial charge on any atom is 0.312 e. The van der Waals surface area contributed by atoms with E-state index < -0.39 is 11.9 Å². The van der Waals surface area contributed by atoms with Crippen LogP contribution in [0.25, 0.3) is 0 Å². The van der Waals surface area contributed by atoms with E-state index in [1.54, 1.807) is 11.3 Å². The number of nitrogens with zero attached hydrogens (tertiary/aromatic N) is 2. The van der Waals surface area contributed by atoms with E-state index >= 15 is 0 Å². The monoisotopic (exact) mass is 309 g/mol. The van der Waals surface area contributed by atoms with Gasteiger partial charge >= 0.3 is 5.97 Å². The zero-order chi connectivity index (χ0) is 14.8. The molecule has 0 spiro atoms. The fourth-order valence-electron chi connectivity index (χ4n) is 3.36. The Bertz CT molecular complexity index is 517. The standard InChI is InChI=1S/C15H23N3O2S/c1-2-18-8-4-5-10(9-18)16-15-17-13-11(14(19)20)6-3-7-12(13)21-15/h10-11H,2-9H2,1H3,(H,16,17)(H,19,20). The SMILES string of the molecule is CCN1CCCC(Nc2nc3c(s2)CCCC3C(=O)O)C1. The van der Waals surface area contributed by atoms with Gasteiger partial charge < -0.3 is 15.3 Å². The molecule has 0 radical (unpaired) electrons. The average Bonchev–Trinajstić information content (AvgIpc) is 2.89. The van der Waals surface area contributed by atoms with Crippen LogP contribution >= 0.6 is 11.3 Å². The lowest BCUT2D eigenvalue weighted by Crippen LogP contribution is -2.41. The molecule has 2 heterocycles. The highest BCUT2D eigenvalue weighted by molar-refractivity contribution is 7.15. The number of aromatic nitrogens is 1. The highest BCUT2D eigenvalue weighted by Crippen LogP contribution is 2.37. The normalized spacial score (nSPS) is 26.3. The molecule has 1 fully saturated rings. The molecule has 1 aromatic heterocycles. The molecule has 116 valence electrons. The summed E-state index contributed by atoms with van der Waals surface area (Å²) in [4.78, 5) is 19.6. The quantitative estimate of drug-likeness (QED) is 0.895. The molecule has 0 amide bonds. The number of thiazole rings is 1. The van der Waals surface area contributed by atoms with Crippen molar-refractivity contribution in [2.75, 3.05) is 25.0 Å². The van der Waals surface area contributed by atoms with Crippen LogP contribution in [-0.4, -0.2) is 46.6 Å². The van der Waals surface area contributed by atoms with Crippen molar-refractivity contribution >= 4 is 22.4 Å². The second-order valence-corrected chi connectivity index (χ2v) is 7.07. The molecule has 6 heteroatoms. The summed E-state index contributed by atoms with van der Waals surface area (Å²) in [5.74, 6) is -1.14. The molecule has 3 rings (SSSR count). The lowest BCUT2D eigenvalue weighted by Gasteiger charge is -2.32. The Morgan fingerprint density at radius 1 is 1.48 bits per heavy atom. The van der Waals surface area contributed by atoms with Crippen LogP contribution in [0.2, 0.25) is 0 Å². The number of hydrogen-bond acceptors (Lipinski definition) is 5. The molecule has 2 N–H and O–H groups in total. The van der Waals surface area contributed by atoms with Crippen molar-refractivity contribution in [1.82, 2.24) is 9.88 Å². The largest absolute Gasteiger partial charge is 0.481 e. The maximum atomic E-state index is 11.3. The Balaban J connectivity index is 1.71. The van der Waals surface area contributed by atoms with Crippen LogP contribution < -0.4 is 5.32 Å². The summed E-state index contributed by atoms with van der Waals surface area (Å²) in [6, 6.07) is 0.439. The van der Waals surface area contributed by atoms with Crippen molar-refractivity contribution in [1.29, 1.82) is 0 Å². The second kappa shape index (κ2) is 6.32. The van der Waals surface area contributed by atoms with Crippen LogP contribution in [0.4, 0.5) is 5.13 Å². The Labute approximate surface area is 129 Å². The molecule has 2 aliphatic rings. The van der Waals surface area contributed by atoms with E-state index in [4.69, 9.17) is 0 Å². The lowest BCUT2D eigenvalue weighted by atomic mass is 9.91. The number of aryl methyl sites for hydroxylation is 1. The van der Waals surface area contributed by atoms with Gasteiger partial charge in [0.15, 0.2) is 5.13 Å². The van der Waals surface area contributed by atoms with Gasteiger partial charge in [-0.15, -0.1) is 11.3 Å². The van der Waals surface area contributed by atoms with E-state index in [-0.39, 0.29) is 0 Å². The molecular weight excluding hydrogens is 286 g/mol. The number of nitrogens with one attached hydrogen (secondary N) is 1. The molecule has 2 atom stereocenters. The van der Waals surface area contributed by atoms with Gasteiger partial charge in [0.2, 0.25) is 0 Å². The van der Waals surface area contributed by atoms with Crippen molar-refractivity contribution in [3.63, 3.8) is 0 Å². The van der Waals surface area contributed by atoms with Gasteiger partial charge in [0.1, 0.15) is 5.92 Å². The number of aliphatic carboxylic acids is 1. The molecule has 21 heavy (non-hydrogen) atoms. The van der Waals surface area contributed by atoms with E-state index in [1.165, 1.54) is 24.3 Å². The van der Waals surface area contributed by atoms with Gasteiger partial charge in [0, 0.05) is 17.5 Å². The minimum atomic E-state index is -0.734. The zero-order valence-corrected chi connectivity index (χ0v) is 13.3. The minimum absolute atomic E-state index is 0.404. The smallest absolute Gasteiger partial charge is 0.312 e. The first-order valence-electron chi connectivity index (χ1n) is 7.88. The van der Waals surface area contributed by atoms with Gasteiger partial charge in [0.25, 0.3) is 0 Å². The van der Waals surface area contributed by atoms with Crippen LogP contribution in [0.5, 0.6) is 0 Å². The molecule has 2 unspecified atom stereocenters. The molecule has 1 aliphatic heterocycles. The molecular formula is C15H23N3O2S. The van der Waals surface area contributed by atoms with E-state index in [2.05, 4.69) is 22.1 Å². The van der Waals surface area contributed by atoms with Gasteiger partial charge in [-0.2, -0.15) is 0 Å². The predicted molar refractivity (Wildman–Crippen MR) is 84.2 cm³/mol. The summed E-state index contributed by atoms with van der Waals surface area (Å²) >= 11 is 1.65. The number of carboxylic acids is 1. The third kappa shape index (κ3) is 3.21. The van der Waals surface area contributed by atoms with Crippen LogP contribution in [0.3, 0.4) is 0 Å². The molecule has 1 saturated heterocycles. The number of carboxylic acid groups (broad SMARTS) is 1. The second-order valence-electron chi connectivity index (χ2n) is 5.99. The van der Waals surface area contributed by atoms with Crippen LogP contribution in [0.1, 0.15) is 49.1 Å². The molecule has 0 saturated carbocycles. The Kier molecular flexibility index (Phi) is 4.45. The van der Waals surface area contributed by atoms with Crippen molar-refractivity contribution in [3.05, 3.63) is 10.6 Å². The number of carbonyl (C=O) groups is 1. The van der Waals surface area contributed by atoms with E-state index in [0.29, 0.717) is 6.04 Å². The summed E-state index contributed by atoms with van der Waals surface area (Å²) < 4.78 is 0. The summed E-state index contributed by atoms with van der Waals surface area (Å²) in [5, 5.41) is 13.8. The molecule has 5 nitrogen and oxygen atoms in total. The van der Waals surface area contributed by atoms with Gasteiger partial charge in [-0.25, -0.2) is 4.98 Å². The van der Waals surface area contributed by atoms with Gasteiger partial charge in [-0.3, -0.25) is 4.79 Å². The van der Waals surface area contributed by atoms with Gasteiger partial charge in [-0.1, -0.05) is 6.92 Å². The van der Waals surface area contributed by atoms with Crippen molar-refractivity contribution in [2.45, 2.75) is 51.0 Å². The number of anilines is 1. The highest BCUT2D eigenvalue weighted by Gasteiger charge is 2.30. The van der Waals surface area contributed by atoms with E-state index in [1.807, 2.05) is 0 Å². The van der Waals surface area contributed by atoms with Gasteiger partial charge in [0.05, 0.1) is 5.69 Å². The number of rotatable bonds is 4. The average molecular weight is 309 g/mol. The summed E-state index contributed by atoms with van der Waals surface area (Å²) in [5.41, 5.74) is 0.810. The van der Waals surface area contributed by atoms with Crippen LogP contribution in [-0.2, 0) is 11.2 Å². The molecule has 0 aromatic carbocycles. The molecule has 1 aromatic rings. The number of piperidine rings is 1. The third-order valence-corrected chi connectivity index (χ3v) is 5.59. The third-order valence-electron chi connectivity index (χ3n) is 4.53. The van der Waals surface area contributed by atoms with E-state index in [9.17, 15) is 9.90 Å². The van der Waals surface area contributed by atoms with Crippen molar-refractivity contribution in [3.8, 4) is 0 Å². The first kappa shape index (κ1) is 14.8. The number of likely N-dealkylation sites (tertiary alicyclic amines) is 1.